The van der Waals surface area contributed by atoms with E-state index in [2.05, 4.69) is 22.3 Å². The van der Waals surface area contributed by atoms with Gasteiger partial charge in [0, 0.05) is 37.1 Å². The molecule has 30 heavy (non-hydrogen) atoms. The number of carbonyl (C=O) groups is 1. The van der Waals surface area contributed by atoms with Crippen LogP contribution in [0.15, 0.2) is 30.3 Å². The summed E-state index contributed by atoms with van der Waals surface area (Å²) in [5.41, 5.74) is 7.30. The van der Waals surface area contributed by atoms with Crippen molar-refractivity contribution in [1.29, 1.82) is 0 Å². The molecule has 5 atom stereocenters. The molecule has 5 nitrogen and oxygen atoms in total. The zero-order valence-electron chi connectivity index (χ0n) is 19.0. The van der Waals surface area contributed by atoms with Crippen LogP contribution < -0.4 is 11.1 Å². The van der Waals surface area contributed by atoms with Crippen LogP contribution in [0.1, 0.15) is 64.9 Å². The smallest absolute Gasteiger partial charge is 0.221 e. The molecule has 1 saturated heterocycles. The molecule has 0 aromatic heterocycles. The second-order valence-electron chi connectivity index (χ2n) is 10.6. The van der Waals surface area contributed by atoms with Crippen LogP contribution in [-0.2, 0) is 11.2 Å². The maximum absolute atomic E-state index is 12.7. The Bertz CT molecular complexity index is 673. The van der Waals surface area contributed by atoms with Gasteiger partial charge in [0.1, 0.15) is 0 Å². The summed E-state index contributed by atoms with van der Waals surface area (Å²) in [7, 11) is 0. The Hall–Kier alpha value is -1.43. The van der Waals surface area contributed by atoms with E-state index in [1.54, 1.807) is 0 Å². The van der Waals surface area contributed by atoms with Gasteiger partial charge in [-0.05, 0) is 57.4 Å². The molecule has 2 fully saturated rings. The zero-order chi connectivity index (χ0) is 21.7. The number of nitrogens with one attached hydrogen (secondary N) is 1. The Kier molecular flexibility index (Phi) is 7.94. The third-order valence-corrected chi connectivity index (χ3v) is 6.79. The van der Waals surface area contributed by atoms with Gasteiger partial charge in [0.05, 0.1) is 6.10 Å². The molecular weight excluding hydrogens is 374 g/mol. The van der Waals surface area contributed by atoms with Crippen molar-refractivity contribution in [3.8, 4) is 0 Å². The number of hydrogen-bond donors (Lipinski definition) is 3. The number of amides is 1. The SMILES string of the molecule is CC(C)(C)NC(=O)C[C@@H]1C[C@@H]2CCCC[C@@H]2CN1C[C@@H](O)[C@@H](N)Cc1ccccc1. The minimum Gasteiger partial charge on any atom is -0.390 e. The van der Waals surface area contributed by atoms with Crippen LogP contribution in [-0.4, -0.2) is 52.7 Å². The van der Waals surface area contributed by atoms with Gasteiger partial charge in [0.2, 0.25) is 5.91 Å². The fourth-order valence-corrected chi connectivity index (χ4v) is 5.30. The predicted octanol–water partition coefficient (Wildman–Crippen LogP) is 3.10. The van der Waals surface area contributed by atoms with E-state index in [-0.39, 0.29) is 23.5 Å². The van der Waals surface area contributed by atoms with Crippen molar-refractivity contribution < 1.29 is 9.90 Å². The summed E-state index contributed by atoms with van der Waals surface area (Å²) in [6.45, 7) is 7.59. The summed E-state index contributed by atoms with van der Waals surface area (Å²) in [6, 6.07) is 10.00. The van der Waals surface area contributed by atoms with E-state index in [9.17, 15) is 9.90 Å². The number of piperidine rings is 1. The third-order valence-electron chi connectivity index (χ3n) is 6.79. The van der Waals surface area contributed by atoms with Crippen LogP contribution in [0.5, 0.6) is 0 Å². The monoisotopic (exact) mass is 415 g/mol. The maximum Gasteiger partial charge on any atom is 0.221 e. The van der Waals surface area contributed by atoms with E-state index in [4.69, 9.17) is 5.73 Å². The van der Waals surface area contributed by atoms with E-state index in [0.717, 1.165) is 24.4 Å². The highest BCUT2D eigenvalue weighted by atomic mass is 16.3. The maximum atomic E-state index is 12.7. The number of likely N-dealkylation sites (tertiary alicyclic amines) is 1. The number of fused-ring (bicyclic) bond motifs is 1. The average Bonchev–Trinajstić information content (AvgIpc) is 2.67. The van der Waals surface area contributed by atoms with Gasteiger partial charge >= 0.3 is 0 Å². The molecule has 0 unspecified atom stereocenters. The van der Waals surface area contributed by atoms with Crippen molar-refractivity contribution in [2.75, 3.05) is 13.1 Å². The lowest BCUT2D eigenvalue weighted by Gasteiger charge is -2.47. The molecule has 5 heteroatoms. The summed E-state index contributed by atoms with van der Waals surface area (Å²) in [5, 5.41) is 14.0. The Balaban J connectivity index is 1.63. The Morgan fingerprint density at radius 1 is 1.20 bits per heavy atom. The van der Waals surface area contributed by atoms with Gasteiger partial charge in [-0.25, -0.2) is 0 Å². The summed E-state index contributed by atoms with van der Waals surface area (Å²) >= 11 is 0. The molecule has 1 aromatic carbocycles. The van der Waals surface area contributed by atoms with E-state index in [1.807, 2.05) is 39.0 Å². The van der Waals surface area contributed by atoms with Crippen molar-refractivity contribution >= 4 is 5.91 Å². The molecule has 2 aliphatic rings. The van der Waals surface area contributed by atoms with Gasteiger partial charge < -0.3 is 16.2 Å². The van der Waals surface area contributed by atoms with Gasteiger partial charge in [0.25, 0.3) is 0 Å². The van der Waals surface area contributed by atoms with E-state index in [0.29, 0.717) is 25.3 Å². The Labute approximate surface area is 182 Å². The highest BCUT2D eigenvalue weighted by Gasteiger charge is 2.38. The van der Waals surface area contributed by atoms with Crippen LogP contribution in [0.3, 0.4) is 0 Å². The highest BCUT2D eigenvalue weighted by molar-refractivity contribution is 5.77. The minimum absolute atomic E-state index is 0.106. The molecular formula is C25H41N3O2. The molecule has 1 amide bonds. The first-order chi connectivity index (χ1) is 14.2. The first-order valence-corrected chi connectivity index (χ1v) is 11.7. The van der Waals surface area contributed by atoms with Gasteiger partial charge in [-0.2, -0.15) is 0 Å². The number of nitrogens with two attached hydrogens (primary N) is 1. The lowest BCUT2D eigenvalue weighted by Crippen LogP contribution is -2.55. The molecule has 3 rings (SSSR count). The van der Waals surface area contributed by atoms with E-state index < -0.39 is 6.10 Å². The summed E-state index contributed by atoms with van der Waals surface area (Å²) in [5.74, 6) is 1.52. The van der Waals surface area contributed by atoms with Crippen molar-refractivity contribution in [1.82, 2.24) is 10.2 Å². The fraction of sp³-hybridized carbons (Fsp3) is 0.720. The Morgan fingerprint density at radius 2 is 1.87 bits per heavy atom. The van der Waals surface area contributed by atoms with Crippen molar-refractivity contribution in [3.05, 3.63) is 35.9 Å². The quantitative estimate of drug-likeness (QED) is 0.639. The van der Waals surface area contributed by atoms with Crippen LogP contribution in [0.4, 0.5) is 0 Å². The largest absolute Gasteiger partial charge is 0.390 e. The second-order valence-corrected chi connectivity index (χ2v) is 10.6. The van der Waals surface area contributed by atoms with Gasteiger partial charge in [-0.1, -0.05) is 49.6 Å². The zero-order valence-corrected chi connectivity index (χ0v) is 19.0. The standard InChI is InChI=1S/C25H41N3O2/c1-25(2,3)27-24(30)15-21-14-19-11-7-8-12-20(19)16-28(21)17-23(29)22(26)13-18-9-5-4-6-10-18/h4-6,9-10,19-23,29H,7-8,11-17,26H2,1-3H3,(H,27,30)/t19-,20+,21-,22-,23+/m0/s1. The number of rotatable bonds is 7. The molecule has 4 N–H and O–H groups in total. The molecule has 0 radical (unpaired) electrons. The fourth-order valence-electron chi connectivity index (χ4n) is 5.30. The number of aliphatic hydroxyl groups is 1. The summed E-state index contributed by atoms with van der Waals surface area (Å²) < 4.78 is 0. The number of β-amino-alcohol motifs (C(OH)–C–C–N with tert-alkyl or cyclic N) is 1. The van der Waals surface area contributed by atoms with Crippen LogP contribution in [0, 0.1) is 11.8 Å². The molecule has 0 bridgehead atoms. The number of carbonyl (C=O) groups excluding carboxylic acids is 1. The van der Waals surface area contributed by atoms with Crippen LogP contribution in [0.25, 0.3) is 0 Å². The number of aliphatic hydroxyl groups excluding tert-OH is 1. The van der Waals surface area contributed by atoms with Crippen molar-refractivity contribution in [2.45, 2.75) is 89.4 Å². The number of nitrogens with zero attached hydrogens (tertiary/aromatic N) is 1. The highest BCUT2D eigenvalue weighted by Crippen LogP contribution is 2.39. The molecule has 1 heterocycles. The number of benzene rings is 1. The Morgan fingerprint density at radius 3 is 2.53 bits per heavy atom. The van der Waals surface area contributed by atoms with Crippen LogP contribution in [0.2, 0.25) is 0 Å². The van der Waals surface area contributed by atoms with Gasteiger partial charge in [-0.15, -0.1) is 0 Å². The first-order valence-electron chi connectivity index (χ1n) is 11.7. The average molecular weight is 416 g/mol. The molecule has 0 spiro atoms. The molecule has 168 valence electrons. The molecule has 1 aliphatic carbocycles. The number of hydrogen-bond acceptors (Lipinski definition) is 4. The summed E-state index contributed by atoms with van der Waals surface area (Å²) in [6.07, 6.45) is 6.80. The molecule has 1 aliphatic heterocycles. The van der Waals surface area contributed by atoms with Gasteiger partial charge in [0.15, 0.2) is 0 Å². The molecule has 1 aromatic rings. The summed E-state index contributed by atoms with van der Waals surface area (Å²) in [4.78, 5) is 15.0. The normalized spacial score (nSPS) is 27.2. The third kappa shape index (κ3) is 6.79. The van der Waals surface area contributed by atoms with E-state index in [1.165, 1.54) is 25.7 Å². The van der Waals surface area contributed by atoms with Crippen LogP contribution >= 0.6 is 0 Å². The van der Waals surface area contributed by atoms with Crippen molar-refractivity contribution in [2.24, 2.45) is 17.6 Å². The lowest BCUT2D eigenvalue weighted by atomic mass is 9.72. The predicted molar refractivity (Wildman–Crippen MR) is 122 cm³/mol. The van der Waals surface area contributed by atoms with Crippen molar-refractivity contribution in [3.63, 3.8) is 0 Å². The lowest BCUT2D eigenvalue weighted by molar-refractivity contribution is -0.125. The first kappa shape index (κ1) is 23.2. The second kappa shape index (κ2) is 10.3. The molecule has 1 saturated carbocycles. The minimum atomic E-state index is -0.599. The topological polar surface area (TPSA) is 78.6 Å². The van der Waals surface area contributed by atoms with E-state index >= 15 is 0 Å². The van der Waals surface area contributed by atoms with Gasteiger partial charge in [-0.3, -0.25) is 9.69 Å².